The van der Waals surface area contributed by atoms with Crippen molar-refractivity contribution in [2.75, 3.05) is 19.5 Å². The fourth-order valence-corrected chi connectivity index (χ4v) is 3.95. The number of benzene rings is 2. The van der Waals surface area contributed by atoms with Gasteiger partial charge in [-0.2, -0.15) is 0 Å². The van der Waals surface area contributed by atoms with Gasteiger partial charge in [-0.05, 0) is 42.2 Å². The molecule has 0 radical (unpaired) electrons. The molecule has 1 heterocycles. The summed E-state index contributed by atoms with van der Waals surface area (Å²) in [4.78, 5) is 12.8. The Kier molecular flexibility index (Phi) is 4.18. The molecule has 140 valence electrons. The first-order valence-electron chi connectivity index (χ1n) is 8.84. The monoisotopic (exact) mass is 367 g/mol. The van der Waals surface area contributed by atoms with Crippen molar-refractivity contribution >= 4 is 11.5 Å². The first kappa shape index (κ1) is 17.3. The molecular formula is C21H21NO5. The lowest BCUT2D eigenvalue weighted by Gasteiger charge is -2.34. The van der Waals surface area contributed by atoms with Crippen molar-refractivity contribution in [3.8, 4) is 23.0 Å². The van der Waals surface area contributed by atoms with Crippen LogP contribution in [-0.2, 0) is 4.79 Å². The highest BCUT2D eigenvalue weighted by Gasteiger charge is 2.36. The number of nitrogens with one attached hydrogen (secondary N) is 1. The molecule has 0 saturated heterocycles. The van der Waals surface area contributed by atoms with Crippen LogP contribution >= 0.6 is 0 Å². The number of anilines is 1. The van der Waals surface area contributed by atoms with Crippen molar-refractivity contribution in [3.63, 3.8) is 0 Å². The molecule has 1 aliphatic heterocycles. The quantitative estimate of drug-likeness (QED) is 0.718. The smallest absolute Gasteiger partial charge is 0.162 e. The van der Waals surface area contributed by atoms with Crippen LogP contribution in [0, 0.1) is 0 Å². The lowest BCUT2D eigenvalue weighted by atomic mass is 9.75. The van der Waals surface area contributed by atoms with Gasteiger partial charge < -0.3 is 25.0 Å². The highest BCUT2D eigenvalue weighted by Crippen LogP contribution is 2.49. The maximum atomic E-state index is 12.8. The molecule has 0 aromatic heterocycles. The zero-order valence-corrected chi connectivity index (χ0v) is 15.2. The number of ketones is 1. The van der Waals surface area contributed by atoms with E-state index in [0.29, 0.717) is 23.5 Å². The summed E-state index contributed by atoms with van der Waals surface area (Å²) in [5.41, 5.74) is 4.07. The normalized spacial score (nSPS) is 18.4. The Morgan fingerprint density at radius 1 is 1.00 bits per heavy atom. The lowest BCUT2D eigenvalue weighted by Crippen LogP contribution is -2.27. The molecule has 0 saturated carbocycles. The van der Waals surface area contributed by atoms with Crippen LogP contribution in [0.2, 0.25) is 0 Å². The van der Waals surface area contributed by atoms with Gasteiger partial charge >= 0.3 is 0 Å². The van der Waals surface area contributed by atoms with Gasteiger partial charge in [0.05, 0.1) is 14.2 Å². The number of rotatable bonds is 3. The number of carbonyl (C=O) groups excluding carboxylic acids is 1. The number of phenolic OH excluding ortho intramolecular Hbond substituents is 2. The van der Waals surface area contributed by atoms with Gasteiger partial charge in [0.1, 0.15) is 0 Å². The first-order chi connectivity index (χ1) is 13.0. The summed E-state index contributed by atoms with van der Waals surface area (Å²) in [5.74, 6) is 0.514. The van der Waals surface area contributed by atoms with E-state index in [0.717, 1.165) is 35.4 Å². The number of allylic oxidation sites excluding steroid dienone is 2. The van der Waals surface area contributed by atoms with Crippen LogP contribution in [0.25, 0.3) is 0 Å². The predicted octanol–water partition coefficient (Wildman–Crippen LogP) is 3.68. The molecule has 0 amide bonds. The van der Waals surface area contributed by atoms with Gasteiger partial charge in [-0.1, -0.05) is 6.07 Å². The Morgan fingerprint density at radius 3 is 2.44 bits per heavy atom. The third-order valence-electron chi connectivity index (χ3n) is 5.23. The van der Waals surface area contributed by atoms with Crippen molar-refractivity contribution in [1.29, 1.82) is 0 Å². The largest absolute Gasteiger partial charge is 0.504 e. The van der Waals surface area contributed by atoms with Crippen LogP contribution in [0.15, 0.2) is 41.6 Å². The van der Waals surface area contributed by atoms with E-state index in [1.165, 1.54) is 12.1 Å². The predicted molar refractivity (Wildman–Crippen MR) is 101 cm³/mol. The maximum Gasteiger partial charge on any atom is 0.162 e. The SMILES string of the molecule is COc1cc2c(cc1OC)[C@H](c1ccc(O)c(O)c1)C1=C(CCCC1=O)N2. The third-order valence-corrected chi connectivity index (χ3v) is 5.23. The summed E-state index contributed by atoms with van der Waals surface area (Å²) in [7, 11) is 3.15. The van der Waals surface area contributed by atoms with Gasteiger partial charge in [-0.25, -0.2) is 0 Å². The van der Waals surface area contributed by atoms with E-state index in [9.17, 15) is 15.0 Å². The summed E-state index contributed by atoms with van der Waals surface area (Å²) >= 11 is 0. The van der Waals surface area contributed by atoms with Crippen molar-refractivity contribution in [1.82, 2.24) is 0 Å². The van der Waals surface area contributed by atoms with Gasteiger partial charge in [0, 0.05) is 35.4 Å². The second kappa shape index (κ2) is 6.54. The van der Waals surface area contributed by atoms with E-state index in [4.69, 9.17) is 9.47 Å². The van der Waals surface area contributed by atoms with Gasteiger partial charge in [-0.3, -0.25) is 4.79 Å². The molecule has 6 nitrogen and oxygen atoms in total. The van der Waals surface area contributed by atoms with Crippen LogP contribution in [0.3, 0.4) is 0 Å². The first-order valence-corrected chi connectivity index (χ1v) is 8.84. The van der Waals surface area contributed by atoms with Crippen LogP contribution in [0.4, 0.5) is 5.69 Å². The minimum atomic E-state index is -0.352. The minimum Gasteiger partial charge on any atom is -0.504 e. The summed E-state index contributed by atoms with van der Waals surface area (Å²) in [6, 6.07) is 8.42. The van der Waals surface area contributed by atoms with E-state index in [-0.39, 0.29) is 23.2 Å². The van der Waals surface area contributed by atoms with Gasteiger partial charge in [0.15, 0.2) is 28.8 Å². The molecular weight excluding hydrogens is 346 g/mol. The van der Waals surface area contributed by atoms with E-state index in [1.54, 1.807) is 20.3 Å². The third kappa shape index (κ3) is 2.77. The zero-order valence-electron chi connectivity index (χ0n) is 15.2. The summed E-state index contributed by atoms with van der Waals surface area (Å²) in [6.45, 7) is 0. The molecule has 0 bridgehead atoms. The highest BCUT2D eigenvalue weighted by molar-refractivity contribution is 6.01. The Labute approximate surface area is 157 Å². The topological polar surface area (TPSA) is 88.0 Å². The number of hydrogen-bond acceptors (Lipinski definition) is 6. The molecule has 27 heavy (non-hydrogen) atoms. The van der Waals surface area contributed by atoms with Gasteiger partial charge in [-0.15, -0.1) is 0 Å². The average molecular weight is 367 g/mol. The van der Waals surface area contributed by atoms with E-state index >= 15 is 0 Å². The number of carbonyl (C=O) groups is 1. The molecule has 0 unspecified atom stereocenters. The summed E-state index contributed by atoms with van der Waals surface area (Å²) < 4.78 is 10.9. The molecule has 1 aliphatic carbocycles. The maximum absolute atomic E-state index is 12.8. The number of phenols is 2. The number of fused-ring (bicyclic) bond motifs is 1. The van der Waals surface area contributed by atoms with Crippen molar-refractivity contribution < 1.29 is 24.5 Å². The fourth-order valence-electron chi connectivity index (χ4n) is 3.95. The van der Waals surface area contributed by atoms with Gasteiger partial charge in [0.2, 0.25) is 0 Å². The molecule has 1 atom stereocenters. The van der Waals surface area contributed by atoms with Crippen LogP contribution < -0.4 is 14.8 Å². The minimum absolute atomic E-state index is 0.0988. The molecule has 4 rings (SSSR count). The number of Topliss-reactive ketones (excluding diaryl/α,β-unsaturated/α-hetero) is 1. The number of hydrogen-bond donors (Lipinski definition) is 3. The van der Waals surface area contributed by atoms with Crippen molar-refractivity contribution in [2.45, 2.75) is 25.2 Å². The Bertz CT molecular complexity index is 963. The van der Waals surface area contributed by atoms with Crippen molar-refractivity contribution in [3.05, 3.63) is 52.7 Å². The Hall–Kier alpha value is -3.15. The lowest BCUT2D eigenvalue weighted by molar-refractivity contribution is -0.116. The second-order valence-electron chi connectivity index (χ2n) is 6.77. The number of aromatic hydroxyl groups is 2. The Morgan fingerprint density at radius 2 is 1.74 bits per heavy atom. The summed E-state index contributed by atoms with van der Waals surface area (Å²) in [6.07, 6.45) is 2.10. The van der Waals surface area contributed by atoms with Crippen LogP contribution in [0.1, 0.15) is 36.3 Å². The standard InChI is InChI=1S/C21H21NO5/c1-26-18-9-12-14(10-19(18)27-2)22-13-4-3-5-16(24)21(13)20(12)11-6-7-15(23)17(25)8-11/h6-10,20,22-23,25H,3-5H2,1-2H3/t20-/m0/s1. The summed E-state index contributed by atoms with van der Waals surface area (Å²) in [5, 5.41) is 23.1. The molecule has 3 N–H and O–H groups in total. The molecule has 6 heteroatoms. The Balaban J connectivity index is 1.96. The molecule has 2 aromatic carbocycles. The number of ether oxygens (including phenoxy) is 2. The average Bonchev–Trinajstić information content (AvgIpc) is 2.67. The van der Waals surface area contributed by atoms with Crippen molar-refractivity contribution in [2.24, 2.45) is 0 Å². The molecule has 0 spiro atoms. The molecule has 2 aliphatic rings. The molecule has 0 fully saturated rings. The molecule has 2 aromatic rings. The zero-order chi connectivity index (χ0) is 19.1. The number of methoxy groups -OCH3 is 2. The van der Waals surface area contributed by atoms with E-state index in [1.807, 2.05) is 12.1 Å². The van der Waals surface area contributed by atoms with E-state index in [2.05, 4.69) is 5.32 Å². The highest BCUT2D eigenvalue weighted by atomic mass is 16.5. The van der Waals surface area contributed by atoms with Crippen LogP contribution in [-0.4, -0.2) is 30.2 Å². The van der Waals surface area contributed by atoms with Crippen LogP contribution in [0.5, 0.6) is 23.0 Å². The van der Waals surface area contributed by atoms with Gasteiger partial charge in [0.25, 0.3) is 0 Å². The second-order valence-corrected chi connectivity index (χ2v) is 6.77. The fraction of sp³-hybridized carbons (Fsp3) is 0.286. The van der Waals surface area contributed by atoms with E-state index < -0.39 is 0 Å².